The fraction of sp³-hybridized carbons (Fsp3) is 0. The smallest absolute Gasteiger partial charge is 0.243 e. The van der Waals surface area contributed by atoms with Gasteiger partial charge >= 0.3 is 6.03 Å². The summed E-state index contributed by atoms with van der Waals surface area (Å²) in [6.45, 7) is 0. The van der Waals surface area contributed by atoms with E-state index in [4.69, 9.17) is 0 Å². The molecular weight excluding hydrogens is 496 g/mol. The van der Waals surface area contributed by atoms with Crippen LogP contribution in [0.4, 0.5) is 27.5 Å². The molecule has 0 aromatic heterocycles. The van der Waals surface area contributed by atoms with Crippen molar-refractivity contribution in [3.8, 4) is 0 Å². The minimum absolute atomic E-state index is 0.537. The van der Waals surface area contributed by atoms with Gasteiger partial charge in [0.1, 0.15) is 0 Å². The van der Waals surface area contributed by atoms with Crippen molar-refractivity contribution >= 4 is 50.3 Å². The first-order chi connectivity index (χ1) is 19.8. The van der Waals surface area contributed by atoms with Gasteiger partial charge in [-0.25, -0.2) is 4.79 Å². The van der Waals surface area contributed by atoms with Crippen LogP contribution < -0.4 is 10.0 Å². The van der Waals surface area contributed by atoms with Crippen molar-refractivity contribution in [3.63, 3.8) is 0 Å². The molecule has 6 aromatic rings. The maximum absolute atomic E-state index is 14.2. The van der Waals surface area contributed by atoms with Gasteiger partial charge in [-0.05, 0) is 47.2 Å². The van der Waals surface area contributed by atoms with Gasteiger partial charge in [-0.15, -0.1) is 10.2 Å². The average molecular weight is 521 g/mol. The van der Waals surface area contributed by atoms with E-state index < -0.39 is 6.03 Å². The third-order valence-electron chi connectivity index (χ3n) is 6.38. The lowest BCUT2D eigenvalue weighted by atomic mass is 10.1. The molecular formula is C33H24N6O. The van der Waals surface area contributed by atoms with Crippen molar-refractivity contribution in [1.82, 2.24) is 0 Å². The first-order valence-corrected chi connectivity index (χ1v) is 12.8. The number of hydrogen-bond donors (Lipinski definition) is 0. The Bertz CT molecular complexity index is 1690. The van der Waals surface area contributed by atoms with E-state index in [1.807, 2.05) is 121 Å². The lowest BCUT2D eigenvalue weighted by molar-refractivity contribution is 0.251. The standard InChI is InChI=1S/C33H24N6O/c40-33(38(27-17-3-1-4-18-27)36-34-31-23-11-15-25-13-7-9-21-29(25)31)39(28-19-5-2-6-20-28)37-35-32-24-12-16-26-14-8-10-22-30(26)32/h1-24H. The number of amides is 2. The molecule has 0 radical (unpaired) electrons. The molecule has 0 unspecified atom stereocenters. The van der Waals surface area contributed by atoms with E-state index in [9.17, 15) is 4.79 Å². The Labute approximate surface area is 231 Å². The Balaban J connectivity index is 1.42. The molecule has 6 rings (SSSR count). The highest BCUT2D eigenvalue weighted by molar-refractivity contribution is 6.02. The number of fused-ring (bicyclic) bond motifs is 2. The number of hydrogen-bond acceptors (Lipinski definition) is 5. The summed E-state index contributed by atoms with van der Waals surface area (Å²) in [5, 5.41) is 24.3. The fourth-order valence-corrected chi connectivity index (χ4v) is 4.41. The van der Waals surface area contributed by atoms with Crippen LogP contribution in [0.1, 0.15) is 0 Å². The summed E-state index contributed by atoms with van der Waals surface area (Å²) in [6.07, 6.45) is 0. The maximum atomic E-state index is 14.2. The van der Waals surface area contributed by atoms with Crippen LogP contribution in [0.15, 0.2) is 166 Å². The molecule has 0 atom stereocenters. The molecule has 0 aliphatic heterocycles. The molecule has 0 saturated carbocycles. The quantitative estimate of drug-likeness (QED) is 0.159. The summed E-state index contributed by atoms with van der Waals surface area (Å²) in [5.74, 6) is 0. The summed E-state index contributed by atoms with van der Waals surface area (Å²) in [4.78, 5) is 14.2. The molecule has 192 valence electrons. The van der Waals surface area contributed by atoms with Crippen LogP contribution in [0.25, 0.3) is 21.5 Å². The van der Waals surface area contributed by atoms with Gasteiger partial charge < -0.3 is 0 Å². The zero-order valence-electron chi connectivity index (χ0n) is 21.4. The number of rotatable bonds is 6. The highest BCUT2D eigenvalue weighted by Crippen LogP contribution is 2.30. The summed E-state index contributed by atoms with van der Waals surface area (Å²) in [5.41, 5.74) is 2.38. The highest BCUT2D eigenvalue weighted by Gasteiger charge is 2.25. The number of urea groups is 1. The van der Waals surface area contributed by atoms with Gasteiger partial charge in [0, 0.05) is 10.8 Å². The van der Waals surface area contributed by atoms with Crippen LogP contribution >= 0.6 is 0 Å². The molecule has 7 nitrogen and oxygen atoms in total. The second-order valence-corrected chi connectivity index (χ2v) is 8.95. The third-order valence-corrected chi connectivity index (χ3v) is 6.38. The monoisotopic (exact) mass is 520 g/mol. The summed E-state index contributed by atoms with van der Waals surface area (Å²) in [7, 11) is 0. The first-order valence-electron chi connectivity index (χ1n) is 12.8. The van der Waals surface area contributed by atoms with Crippen molar-refractivity contribution in [3.05, 3.63) is 146 Å². The van der Waals surface area contributed by atoms with E-state index in [0.717, 1.165) is 21.5 Å². The molecule has 0 fully saturated rings. The van der Waals surface area contributed by atoms with Crippen LogP contribution in [-0.2, 0) is 0 Å². The number of nitrogens with zero attached hydrogens (tertiary/aromatic N) is 6. The minimum atomic E-state index is -0.537. The molecule has 0 bridgehead atoms. The molecule has 0 N–H and O–H groups in total. The number of carbonyl (C=O) groups is 1. The van der Waals surface area contributed by atoms with Gasteiger partial charge in [0.2, 0.25) is 0 Å². The van der Waals surface area contributed by atoms with Crippen LogP contribution in [0, 0.1) is 0 Å². The SMILES string of the molecule is O=C(N(N=Nc1cccc2ccccc12)c1ccccc1)N(N=Nc1cccc2ccccc12)c1ccccc1. The molecule has 0 aliphatic rings. The van der Waals surface area contributed by atoms with E-state index in [1.165, 1.54) is 10.0 Å². The van der Waals surface area contributed by atoms with Crippen LogP contribution in [-0.4, -0.2) is 6.03 Å². The van der Waals surface area contributed by atoms with Gasteiger partial charge in [-0.3, -0.25) is 0 Å². The number of anilines is 2. The van der Waals surface area contributed by atoms with E-state index >= 15 is 0 Å². The highest BCUT2D eigenvalue weighted by atomic mass is 16.2. The van der Waals surface area contributed by atoms with Crippen molar-refractivity contribution in [2.24, 2.45) is 20.7 Å². The second kappa shape index (κ2) is 11.4. The maximum Gasteiger partial charge on any atom is 0.373 e. The molecule has 0 heterocycles. The Morgan fingerprint density at radius 1 is 0.425 bits per heavy atom. The van der Waals surface area contributed by atoms with Gasteiger partial charge in [0.15, 0.2) is 0 Å². The molecule has 6 aromatic carbocycles. The van der Waals surface area contributed by atoms with Crippen molar-refractivity contribution in [1.29, 1.82) is 0 Å². The average Bonchev–Trinajstić information content (AvgIpc) is 3.02. The molecule has 7 heteroatoms. The zero-order chi connectivity index (χ0) is 27.1. The van der Waals surface area contributed by atoms with Crippen molar-refractivity contribution in [2.45, 2.75) is 0 Å². The summed E-state index contributed by atoms with van der Waals surface area (Å²) < 4.78 is 0. The van der Waals surface area contributed by atoms with Crippen LogP contribution in [0.2, 0.25) is 0 Å². The predicted octanol–water partition coefficient (Wildman–Crippen LogP) is 9.82. The van der Waals surface area contributed by atoms with Crippen LogP contribution in [0.5, 0.6) is 0 Å². The van der Waals surface area contributed by atoms with Crippen molar-refractivity contribution < 1.29 is 4.79 Å². The second-order valence-electron chi connectivity index (χ2n) is 8.95. The van der Waals surface area contributed by atoms with Gasteiger partial charge in [0.25, 0.3) is 0 Å². The number of carbonyl (C=O) groups excluding carboxylic acids is 1. The normalized spacial score (nSPS) is 11.4. The minimum Gasteiger partial charge on any atom is -0.243 e. The summed E-state index contributed by atoms with van der Waals surface area (Å²) >= 11 is 0. The number of para-hydroxylation sites is 2. The molecule has 0 spiro atoms. The lowest BCUT2D eigenvalue weighted by Crippen LogP contribution is -2.37. The van der Waals surface area contributed by atoms with Gasteiger partial charge in [-0.1, -0.05) is 120 Å². The Hall–Kier alpha value is -5.69. The predicted molar refractivity (Wildman–Crippen MR) is 160 cm³/mol. The van der Waals surface area contributed by atoms with E-state index in [1.54, 1.807) is 24.3 Å². The Kier molecular flexibility index (Phi) is 7.00. The van der Waals surface area contributed by atoms with Gasteiger partial charge in [-0.2, -0.15) is 10.0 Å². The molecule has 2 amide bonds. The lowest BCUT2D eigenvalue weighted by Gasteiger charge is -2.22. The fourth-order valence-electron chi connectivity index (χ4n) is 4.41. The van der Waals surface area contributed by atoms with E-state index in [-0.39, 0.29) is 0 Å². The Morgan fingerprint density at radius 2 is 0.800 bits per heavy atom. The van der Waals surface area contributed by atoms with E-state index in [0.29, 0.717) is 22.7 Å². The molecule has 0 aliphatic carbocycles. The van der Waals surface area contributed by atoms with Crippen LogP contribution in [0.3, 0.4) is 0 Å². The van der Waals surface area contributed by atoms with E-state index in [2.05, 4.69) is 20.7 Å². The molecule has 0 saturated heterocycles. The Morgan fingerprint density at radius 3 is 1.25 bits per heavy atom. The topological polar surface area (TPSA) is 73.0 Å². The van der Waals surface area contributed by atoms with Gasteiger partial charge in [0.05, 0.1) is 22.7 Å². The summed E-state index contributed by atoms with van der Waals surface area (Å²) in [6, 6.07) is 45.2. The largest absolute Gasteiger partial charge is 0.373 e. The molecule has 40 heavy (non-hydrogen) atoms. The third kappa shape index (κ3) is 5.16. The first kappa shape index (κ1) is 24.6. The number of benzene rings is 6. The zero-order valence-corrected chi connectivity index (χ0v) is 21.4. The van der Waals surface area contributed by atoms with Crippen molar-refractivity contribution in [2.75, 3.05) is 10.0 Å².